The first-order valence-corrected chi connectivity index (χ1v) is 8.43. The molecule has 5 nitrogen and oxygen atoms in total. The smallest absolute Gasteiger partial charge is 0.216 e. The molecule has 0 aliphatic rings. The van der Waals surface area contributed by atoms with Gasteiger partial charge in [-0.3, -0.25) is 9.59 Å². The molecule has 0 fully saturated rings. The Bertz CT molecular complexity index is 767. The molecule has 0 radical (unpaired) electrons. The largest absolute Gasteiger partial charge is 0.495 e. The highest BCUT2D eigenvalue weighted by Crippen LogP contribution is 2.36. The van der Waals surface area contributed by atoms with Crippen molar-refractivity contribution < 1.29 is 14.3 Å². The van der Waals surface area contributed by atoms with Gasteiger partial charge in [-0.2, -0.15) is 0 Å². The summed E-state index contributed by atoms with van der Waals surface area (Å²) in [5.41, 5.74) is 2.28. The van der Waals surface area contributed by atoms with Crippen molar-refractivity contribution in [3.8, 4) is 5.75 Å². The Morgan fingerprint density at radius 1 is 1.38 bits per heavy atom. The van der Waals surface area contributed by atoms with E-state index in [-0.39, 0.29) is 17.6 Å². The molecule has 0 saturated carbocycles. The summed E-state index contributed by atoms with van der Waals surface area (Å²) in [6.45, 7) is 5.90. The van der Waals surface area contributed by atoms with E-state index in [0.29, 0.717) is 29.4 Å². The Labute approximate surface area is 146 Å². The summed E-state index contributed by atoms with van der Waals surface area (Å²) in [6, 6.07) is 3.61. The molecule has 1 aromatic carbocycles. The number of rotatable bonds is 7. The van der Waals surface area contributed by atoms with Crippen LogP contribution in [0.4, 0.5) is 0 Å². The molecule has 0 bridgehead atoms. The Hall–Kier alpha value is -2.01. The number of aromatic amines is 1. The summed E-state index contributed by atoms with van der Waals surface area (Å²) >= 11 is 6.20. The number of benzene rings is 1. The normalized spacial score (nSPS) is 12.2. The topological polar surface area (TPSA) is 71.2 Å². The van der Waals surface area contributed by atoms with Crippen molar-refractivity contribution in [2.45, 2.75) is 39.5 Å². The quantitative estimate of drug-likeness (QED) is 0.740. The maximum atomic E-state index is 12.5. The molecule has 0 aliphatic carbocycles. The number of hydrogen-bond acceptors (Lipinski definition) is 3. The Kier molecular flexibility index (Phi) is 5.89. The van der Waals surface area contributed by atoms with Gasteiger partial charge in [0.05, 0.1) is 17.8 Å². The molecule has 0 aliphatic heterocycles. The number of ketones is 1. The van der Waals surface area contributed by atoms with Crippen molar-refractivity contribution >= 4 is 34.2 Å². The monoisotopic (exact) mass is 350 g/mol. The summed E-state index contributed by atoms with van der Waals surface area (Å²) in [6.07, 6.45) is 1.25. The summed E-state index contributed by atoms with van der Waals surface area (Å²) in [5, 5.41) is 4.20. The number of nitrogens with one attached hydrogen (secondary N) is 2. The summed E-state index contributed by atoms with van der Waals surface area (Å²) in [5.74, 6) is 0.507. The van der Waals surface area contributed by atoms with Gasteiger partial charge in [0.25, 0.3) is 0 Å². The minimum atomic E-state index is -0.0937. The Morgan fingerprint density at radius 2 is 2.08 bits per heavy atom. The fourth-order valence-electron chi connectivity index (χ4n) is 2.86. The number of ether oxygens (including phenoxy) is 1. The molecule has 1 unspecified atom stereocenters. The van der Waals surface area contributed by atoms with E-state index >= 15 is 0 Å². The average Bonchev–Trinajstić information content (AvgIpc) is 2.90. The third-order valence-electron chi connectivity index (χ3n) is 4.02. The number of amides is 1. The van der Waals surface area contributed by atoms with E-state index in [4.69, 9.17) is 16.3 Å². The lowest BCUT2D eigenvalue weighted by molar-refractivity contribution is -0.119. The van der Waals surface area contributed by atoms with Gasteiger partial charge in [0.2, 0.25) is 5.91 Å². The second-order valence-electron chi connectivity index (χ2n) is 5.96. The summed E-state index contributed by atoms with van der Waals surface area (Å²) < 4.78 is 5.30. The number of H-pyrrole nitrogens is 1. The molecule has 2 rings (SSSR count). The van der Waals surface area contributed by atoms with Crippen molar-refractivity contribution in [3.63, 3.8) is 0 Å². The molecular formula is C18H23ClN2O3. The molecule has 1 atom stereocenters. The lowest BCUT2D eigenvalue weighted by atomic mass is 9.95. The van der Waals surface area contributed by atoms with E-state index in [0.717, 1.165) is 22.9 Å². The molecule has 24 heavy (non-hydrogen) atoms. The molecule has 0 spiro atoms. The molecule has 1 heterocycles. The van der Waals surface area contributed by atoms with Gasteiger partial charge in [0.15, 0.2) is 5.78 Å². The zero-order valence-corrected chi connectivity index (χ0v) is 15.2. The molecule has 2 aromatic rings. The van der Waals surface area contributed by atoms with Crippen LogP contribution < -0.4 is 10.1 Å². The van der Waals surface area contributed by atoms with E-state index in [1.165, 1.54) is 6.92 Å². The van der Waals surface area contributed by atoms with Crippen LogP contribution in [0, 0.1) is 0 Å². The van der Waals surface area contributed by atoms with Gasteiger partial charge in [0.1, 0.15) is 5.75 Å². The van der Waals surface area contributed by atoms with Crippen LogP contribution in [0.25, 0.3) is 10.9 Å². The maximum absolute atomic E-state index is 12.5. The van der Waals surface area contributed by atoms with E-state index in [1.807, 2.05) is 19.9 Å². The van der Waals surface area contributed by atoms with Crippen molar-refractivity contribution in [2.24, 2.45) is 0 Å². The van der Waals surface area contributed by atoms with Gasteiger partial charge in [-0.05, 0) is 24.1 Å². The van der Waals surface area contributed by atoms with E-state index in [9.17, 15) is 9.59 Å². The first-order chi connectivity index (χ1) is 11.4. The SMILES string of the molecule is CCCC(=O)c1[nH]c2cc(Cl)c(OC)cc2c1C(C)CNC(C)=O. The lowest BCUT2D eigenvalue weighted by Crippen LogP contribution is -2.25. The standard InChI is InChI=1S/C18H23ClN2O3/c1-5-6-15(23)18-17(10(2)9-20-11(3)22)12-7-16(24-4)13(19)8-14(12)21-18/h7-8,10,21H,5-6,9H2,1-4H3,(H,20,22). The van der Waals surface area contributed by atoms with E-state index < -0.39 is 0 Å². The lowest BCUT2D eigenvalue weighted by Gasteiger charge is -2.14. The Balaban J connectivity index is 2.59. The van der Waals surface area contributed by atoms with Crippen molar-refractivity contribution in [1.29, 1.82) is 0 Å². The van der Waals surface area contributed by atoms with Gasteiger partial charge < -0.3 is 15.0 Å². The first-order valence-electron chi connectivity index (χ1n) is 8.05. The summed E-state index contributed by atoms with van der Waals surface area (Å²) in [4.78, 5) is 27.0. The van der Waals surface area contributed by atoms with Crippen LogP contribution in [0.5, 0.6) is 5.75 Å². The molecule has 6 heteroatoms. The molecule has 1 amide bonds. The number of carbonyl (C=O) groups excluding carboxylic acids is 2. The number of fused-ring (bicyclic) bond motifs is 1. The maximum Gasteiger partial charge on any atom is 0.216 e. The average molecular weight is 351 g/mol. The molecule has 2 N–H and O–H groups in total. The fraction of sp³-hybridized carbons (Fsp3) is 0.444. The van der Waals surface area contributed by atoms with Crippen LogP contribution in [0.15, 0.2) is 12.1 Å². The van der Waals surface area contributed by atoms with Crippen LogP contribution in [-0.4, -0.2) is 30.3 Å². The second-order valence-corrected chi connectivity index (χ2v) is 6.36. The highest BCUT2D eigenvalue weighted by Gasteiger charge is 2.23. The van der Waals surface area contributed by atoms with E-state index in [1.54, 1.807) is 13.2 Å². The minimum Gasteiger partial charge on any atom is -0.495 e. The number of Topliss-reactive ketones (excluding diaryl/α,β-unsaturated/α-hetero) is 1. The summed E-state index contributed by atoms with van der Waals surface area (Å²) in [7, 11) is 1.56. The minimum absolute atomic E-state index is 0.0238. The van der Waals surface area contributed by atoms with Crippen molar-refractivity contribution in [2.75, 3.05) is 13.7 Å². The third-order valence-corrected chi connectivity index (χ3v) is 4.31. The Morgan fingerprint density at radius 3 is 2.67 bits per heavy atom. The number of aromatic nitrogens is 1. The van der Waals surface area contributed by atoms with Crippen LogP contribution in [0.2, 0.25) is 5.02 Å². The third kappa shape index (κ3) is 3.73. The van der Waals surface area contributed by atoms with Crippen molar-refractivity contribution in [1.82, 2.24) is 10.3 Å². The number of carbonyl (C=O) groups is 2. The molecule has 130 valence electrons. The zero-order chi connectivity index (χ0) is 17.9. The van der Waals surface area contributed by atoms with Gasteiger partial charge in [0, 0.05) is 36.7 Å². The van der Waals surface area contributed by atoms with Gasteiger partial charge in [-0.1, -0.05) is 25.4 Å². The second kappa shape index (κ2) is 7.71. The fourth-order valence-corrected chi connectivity index (χ4v) is 3.10. The van der Waals surface area contributed by atoms with Gasteiger partial charge >= 0.3 is 0 Å². The van der Waals surface area contributed by atoms with E-state index in [2.05, 4.69) is 10.3 Å². The first kappa shape index (κ1) is 18.3. The van der Waals surface area contributed by atoms with Crippen LogP contribution in [-0.2, 0) is 4.79 Å². The highest BCUT2D eigenvalue weighted by molar-refractivity contribution is 6.33. The number of hydrogen-bond donors (Lipinski definition) is 2. The van der Waals surface area contributed by atoms with Crippen LogP contribution in [0.3, 0.4) is 0 Å². The molecular weight excluding hydrogens is 328 g/mol. The predicted molar refractivity (Wildman–Crippen MR) is 96.2 cm³/mol. The van der Waals surface area contributed by atoms with Gasteiger partial charge in [-0.15, -0.1) is 0 Å². The zero-order valence-electron chi connectivity index (χ0n) is 14.5. The highest BCUT2D eigenvalue weighted by atomic mass is 35.5. The van der Waals surface area contributed by atoms with Crippen molar-refractivity contribution in [3.05, 3.63) is 28.4 Å². The molecule has 1 aromatic heterocycles. The van der Waals surface area contributed by atoms with Gasteiger partial charge in [-0.25, -0.2) is 0 Å². The predicted octanol–water partition coefficient (Wildman–Crippen LogP) is 4.05. The number of methoxy groups -OCH3 is 1. The molecule has 0 saturated heterocycles. The number of halogens is 1. The van der Waals surface area contributed by atoms with Crippen LogP contribution >= 0.6 is 11.6 Å². The van der Waals surface area contributed by atoms with Crippen LogP contribution in [0.1, 0.15) is 55.6 Å².